The van der Waals surface area contributed by atoms with Crippen LogP contribution in [0.1, 0.15) is 90.0 Å². The van der Waals surface area contributed by atoms with E-state index in [4.69, 9.17) is 4.74 Å². The molecule has 0 unspecified atom stereocenters. The zero-order valence-corrected chi connectivity index (χ0v) is 20.5. The fourth-order valence-electron chi connectivity index (χ4n) is 3.77. The van der Waals surface area contributed by atoms with Crippen LogP contribution in [0.4, 0.5) is 17.6 Å². The quantitative estimate of drug-likeness (QED) is 0.168. The number of hydrogen-bond acceptors (Lipinski definition) is 3. The van der Waals surface area contributed by atoms with Gasteiger partial charge in [-0.15, -0.1) is 0 Å². The zero-order valence-electron chi connectivity index (χ0n) is 20.5. The lowest BCUT2D eigenvalue weighted by molar-refractivity contribution is 0.0993. The highest BCUT2D eigenvalue weighted by atomic mass is 19.2. The highest BCUT2D eigenvalue weighted by molar-refractivity contribution is 5.57. The number of unbranched alkanes of at least 4 members (excludes halogenated alkanes) is 8. The first kappa shape index (κ1) is 28.1. The molecular formula is C27H38F4N2O. The molecule has 1 aromatic carbocycles. The van der Waals surface area contributed by atoms with E-state index in [1.54, 1.807) is 12.4 Å². The molecular weight excluding hydrogens is 444 g/mol. The van der Waals surface area contributed by atoms with E-state index < -0.39 is 36.3 Å². The van der Waals surface area contributed by atoms with Crippen molar-refractivity contribution in [1.82, 2.24) is 9.97 Å². The molecule has 3 nitrogen and oxygen atoms in total. The van der Waals surface area contributed by atoms with E-state index in [-0.39, 0.29) is 17.8 Å². The Balaban J connectivity index is 1.87. The Kier molecular flexibility index (Phi) is 12.9. The first-order chi connectivity index (χ1) is 16.5. The van der Waals surface area contributed by atoms with Gasteiger partial charge in [0.1, 0.15) is 12.8 Å². The van der Waals surface area contributed by atoms with Gasteiger partial charge in [0.15, 0.2) is 23.6 Å². The van der Waals surface area contributed by atoms with E-state index >= 15 is 0 Å². The summed E-state index contributed by atoms with van der Waals surface area (Å²) >= 11 is 0. The maximum atomic E-state index is 14.6. The van der Waals surface area contributed by atoms with Gasteiger partial charge in [0, 0.05) is 12.4 Å². The van der Waals surface area contributed by atoms with Crippen molar-refractivity contribution < 1.29 is 22.3 Å². The van der Waals surface area contributed by atoms with Crippen LogP contribution in [0.3, 0.4) is 0 Å². The standard InChI is InChI=1S/C27H38F4N2O/c1-3-5-7-8-9-10-12-13-20-17-32-27(33-18-20)21-15-16-24(26(31)25(21)30)34-19-23(29)22(28)14-11-6-4-2/h15-18,22-23H,3-14,19H2,1-2H3/t22-,23-/m1/s1. The van der Waals surface area contributed by atoms with Gasteiger partial charge < -0.3 is 4.74 Å². The minimum Gasteiger partial charge on any atom is -0.487 e. The average Bonchev–Trinajstić information content (AvgIpc) is 2.85. The van der Waals surface area contributed by atoms with Crippen molar-refractivity contribution in [3.8, 4) is 17.1 Å². The number of rotatable bonds is 17. The van der Waals surface area contributed by atoms with Crippen molar-refractivity contribution in [3.63, 3.8) is 0 Å². The molecule has 2 atom stereocenters. The number of aromatic nitrogens is 2. The summed E-state index contributed by atoms with van der Waals surface area (Å²) in [7, 11) is 0. The number of alkyl halides is 2. The largest absolute Gasteiger partial charge is 0.487 e. The Morgan fingerprint density at radius 3 is 2.06 bits per heavy atom. The zero-order chi connectivity index (χ0) is 24.8. The highest BCUT2D eigenvalue weighted by Crippen LogP contribution is 2.28. The number of benzene rings is 1. The monoisotopic (exact) mass is 482 g/mol. The van der Waals surface area contributed by atoms with Gasteiger partial charge in [-0.2, -0.15) is 4.39 Å². The van der Waals surface area contributed by atoms with Gasteiger partial charge in [-0.05, 0) is 37.0 Å². The Bertz CT molecular complexity index is 832. The fourth-order valence-corrected chi connectivity index (χ4v) is 3.77. The molecule has 2 aromatic rings. The van der Waals surface area contributed by atoms with Crippen molar-refractivity contribution in [3.05, 3.63) is 41.7 Å². The van der Waals surface area contributed by atoms with E-state index in [1.165, 1.54) is 44.2 Å². The van der Waals surface area contributed by atoms with Crippen LogP contribution in [-0.4, -0.2) is 28.9 Å². The molecule has 0 bridgehead atoms. The van der Waals surface area contributed by atoms with E-state index in [9.17, 15) is 17.6 Å². The van der Waals surface area contributed by atoms with Crippen LogP contribution in [0.25, 0.3) is 11.4 Å². The molecule has 0 aliphatic heterocycles. The third kappa shape index (κ3) is 9.22. The predicted octanol–water partition coefficient (Wildman–Crippen LogP) is 8.35. The molecule has 0 N–H and O–H groups in total. The molecule has 7 heteroatoms. The summed E-state index contributed by atoms with van der Waals surface area (Å²) in [5, 5.41) is 0. The molecule has 0 aliphatic rings. The Morgan fingerprint density at radius 2 is 1.38 bits per heavy atom. The molecule has 1 aromatic heterocycles. The maximum absolute atomic E-state index is 14.6. The summed E-state index contributed by atoms with van der Waals surface area (Å²) in [6.45, 7) is 3.50. The lowest BCUT2D eigenvalue weighted by atomic mass is 10.1. The summed E-state index contributed by atoms with van der Waals surface area (Å²) < 4.78 is 61.9. The van der Waals surface area contributed by atoms with Crippen LogP contribution in [0, 0.1) is 11.6 Å². The SMILES string of the molecule is CCCCCCCCCc1cnc(-c2ccc(OC[C@@H](F)[C@H](F)CCCCC)c(F)c2F)nc1. The van der Waals surface area contributed by atoms with E-state index in [2.05, 4.69) is 16.9 Å². The van der Waals surface area contributed by atoms with E-state index in [0.717, 1.165) is 37.7 Å². The molecule has 0 saturated heterocycles. The second kappa shape index (κ2) is 15.7. The third-order valence-electron chi connectivity index (χ3n) is 5.94. The van der Waals surface area contributed by atoms with Crippen molar-refractivity contribution in [1.29, 1.82) is 0 Å². The summed E-state index contributed by atoms with van der Waals surface area (Å²) in [6, 6.07) is 2.49. The number of hydrogen-bond donors (Lipinski definition) is 0. The molecule has 0 saturated carbocycles. The van der Waals surface area contributed by atoms with Gasteiger partial charge in [-0.25, -0.2) is 23.1 Å². The van der Waals surface area contributed by atoms with Crippen LogP contribution in [0.2, 0.25) is 0 Å². The van der Waals surface area contributed by atoms with Crippen molar-refractivity contribution in [2.24, 2.45) is 0 Å². The van der Waals surface area contributed by atoms with Gasteiger partial charge in [0.2, 0.25) is 5.82 Å². The molecule has 0 fully saturated rings. The van der Waals surface area contributed by atoms with Crippen LogP contribution < -0.4 is 4.74 Å². The summed E-state index contributed by atoms with van der Waals surface area (Å²) in [5.41, 5.74) is 0.846. The van der Waals surface area contributed by atoms with Crippen molar-refractivity contribution in [2.75, 3.05) is 6.61 Å². The molecule has 1 heterocycles. The van der Waals surface area contributed by atoms with Crippen LogP contribution in [-0.2, 0) is 6.42 Å². The molecule has 0 aliphatic carbocycles. The number of nitrogens with zero attached hydrogens (tertiary/aromatic N) is 2. The fraction of sp³-hybridized carbons (Fsp3) is 0.630. The third-order valence-corrected chi connectivity index (χ3v) is 5.94. The number of aryl methyl sites for hydroxylation is 1. The first-order valence-corrected chi connectivity index (χ1v) is 12.7. The predicted molar refractivity (Wildman–Crippen MR) is 129 cm³/mol. The molecule has 0 spiro atoms. The lowest BCUT2D eigenvalue weighted by Crippen LogP contribution is -2.25. The second-order valence-corrected chi connectivity index (χ2v) is 8.86. The van der Waals surface area contributed by atoms with Gasteiger partial charge in [0.05, 0.1) is 5.56 Å². The molecule has 0 radical (unpaired) electrons. The number of ether oxygens (including phenoxy) is 1. The normalized spacial score (nSPS) is 13.1. The minimum atomic E-state index is -1.90. The second-order valence-electron chi connectivity index (χ2n) is 8.86. The minimum absolute atomic E-state index is 0.0642. The first-order valence-electron chi connectivity index (χ1n) is 12.7. The van der Waals surface area contributed by atoms with Crippen LogP contribution in [0.15, 0.2) is 24.5 Å². The smallest absolute Gasteiger partial charge is 0.201 e. The molecule has 34 heavy (non-hydrogen) atoms. The van der Waals surface area contributed by atoms with Gasteiger partial charge >= 0.3 is 0 Å². The maximum Gasteiger partial charge on any atom is 0.201 e. The van der Waals surface area contributed by atoms with E-state index in [0.29, 0.717) is 6.42 Å². The van der Waals surface area contributed by atoms with Gasteiger partial charge in [-0.3, -0.25) is 0 Å². The summed E-state index contributed by atoms with van der Waals surface area (Å²) in [5.74, 6) is -2.83. The van der Waals surface area contributed by atoms with Crippen LogP contribution in [0.5, 0.6) is 5.75 Å². The Morgan fingerprint density at radius 1 is 0.765 bits per heavy atom. The summed E-state index contributed by atoms with van der Waals surface area (Å²) in [6.07, 6.45) is 11.4. The Hall–Kier alpha value is -2.18. The molecule has 0 amide bonds. The van der Waals surface area contributed by atoms with Gasteiger partial charge in [-0.1, -0.05) is 71.6 Å². The topological polar surface area (TPSA) is 35.0 Å². The van der Waals surface area contributed by atoms with Crippen LogP contribution >= 0.6 is 0 Å². The molecule has 190 valence electrons. The van der Waals surface area contributed by atoms with Crippen molar-refractivity contribution in [2.45, 2.75) is 103 Å². The van der Waals surface area contributed by atoms with E-state index in [1.807, 2.05) is 6.92 Å². The molecule has 2 rings (SSSR count). The Labute approximate surface area is 201 Å². The summed E-state index contributed by atoms with van der Waals surface area (Å²) in [4.78, 5) is 8.37. The number of halogens is 4. The highest BCUT2D eigenvalue weighted by Gasteiger charge is 2.23. The lowest BCUT2D eigenvalue weighted by Gasteiger charge is -2.15. The van der Waals surface area contributed by atoms with Crippen molar-refractivity contribution >= 4 is 0 Å². The average molecular weight is 483 g/mol. The van der Waals surface area contributed by atoms with Gasteiger partial charge in [0.25, 0.3) is 0 Å².